The Morgan fingerprint density at radius 1 is 1.00 bits per heavy atom. The first-order valence-corrected chi connectivity index (χ1v) is 9.59. The van der Waals surface area contributed by atoms with E-state index in [2.05, 4.69) is 22.3 Å². The summed E-state index contributed by atoms with van der Waals surface area (Å²) in [7, 11) is 2.03. The molecular formula is C22H26N2O4. The van der Waals surface area contributed by atoms with Crippen LogP contribution in [-0.2, 0) is 4.79 Å². The van der Waals surface area contributed by atoms with Crippen LogP contribution in [0.2, 0.25) is 0 Å². The molecule has 6 heteroatoms. The lowest BCUT2D eigenvalue weighted by atomic mass is 10.1. The molecule has 0 saturated carbocycles. The van der Waals surface area contributed by atoms with E-state index >= 15 is 0 Å². The highest BCUT2D eigenvalue weighted by Gasteiger charge is 2.15. The molecule has 6 nitrogen and oxygen atoms in total. The van der Waals surface area contributed by atoms with Crippen molar-refractivity contribution in [3.05, 3.63) is 54.1 Å². The second kappa shape index (κ2) is 9.78. The van der Waals surface area contributed by atoms with Gasteiger partial charge < -0.3 is 19.7 Å². The number of ketones is 1. The molecule has 148 valence electrons. The van der Waals surface area contributed by atoms with Gasteiger partial charge in [0, 0.05) is 44.2 Å². The minimum absolute atomic E-state index is 0.0732. The summed E-state index contributed by atoms with van der Waals surface area (Å²) < 4.78 is 10.9. The van der Waals surface area contributed by atoms with Crippen molar-refractivity contribution in [2.24, 2.45) is 0 Å². The SMILES string of the molecule is CN(CCCNC(=O)CCC(=O)c1ccc2c(c1)OCCO2)c1ccccc1. The fourth-order valence-electron chi connectivity index (χ4n) is 3.03. The van der Waals surface area contributed by atoms with Crippen LogP contribution in [0.1, 0.15) is 29.6 Å². The number of carbonyl (C=O) groups is 2. The van der Waals surface area contributed by atoms with E-state index in [-0.39, 0.29) is 24.5 Å². The molecule has 2 aromatic carbocycles. The highest BCUT2D eigenvalue weighted by molar-refractivity contribution is 5.98. The van der Waals surface area contributed by atoms with Gasteiger partial charge in [-0.05, 0) is 36.8 Å². The monoisotopic (exact) mass is 382 g/mol. The van der Waals surface area contributed by atoms with E-state index in [0.29, 0.717) is 36.8 Å². The maximum atomic E-state index is 12.3. The molecule has 1 heterocycles. The number of amides is 1. The molecular weight excluding hydrogens is 356 g/mol. The minimum Gasteiger partial charge on any atom is -0.486 e. The number of hydrogen-bond acceptors (Lipinski definition) is 5. The van der Waals surface area contributed by atoms with E-state index in [1.807, 2.05) is 25.2 Å². The molecule has 0 atom stereocenters. The number of anilines is 1. The van der Waals surface area contributed by atoms with Crippen LogP contribution >= 0.6 is 0 Å². The Balaban J connectivity index is 1.35. The average Bonchev–Trinajstić information content (AvgIpc) is 2.75. The zero-order valence-corrected chi connectivity index (χ0v) is 16.1. The third kappa shape index (κ3) is 5.49. The van der Waals surface area contributed by atoms with Crippen LogP contribution in [0.4, 0.5) is 5.69 Å². The Kier molecular flexibility index (Phi) is 6.89. The van der Waals surface area contributed by atoms with Gasteiger partial charge in [-0.25, -0.2) is 0 Å². The Bertz CT molecular complexity index is 807. The first-order chi connectivity index (χ1) is 13.6. The van der Waals surface area contributed by atoms with Crippen molar-refractivity contribution in [1.29, 1.82) is 0 Å². The van der Waals surface area contributed by atoms with Crippen molar-refractivity contribution in [2.45, 2.75) is 19.3 Å². The molecule has 0 bridgehead atoms. The molecule has 0 saturated heterocycles. The lowest BCUT2D eigenvalue weighted by Gasteiger charge is -2.19. The van der Waals surface area contributed by atoms with Crippen LogP contribution in [0.5, 0.6) is 11.5 Å². The third-order valence-corrected chi connectivity index (χ3v) is 4.63. The summed E-state index contributed by atoms with van der Waals surface area (Å²) >= 11 is 0. The summed E-state index contributed by atoms with van der Waals surface area (Å²) in [5.74, 6) is 1.06. The molecule has 2 aromatic rings. The molecule has 1 aliphatic rings. The van der Waals surface area contributed by atoms with Crippen molar-refractivity contribution in [3.63, 3.8) is 0 Å². The van der Waals surface area contributed by atoms with Gasteiger partial charge in [0.15, 0.2) is 17.3 Å². The lowest BCUT2D eigenvalue weighted by molar-refractivity contribution is -0.121. The minimum atomic E-state index is -0.103. The van der Waals surface area contributed by atoms with Crippen LogP contribution in [-0.4, -0.2) is 45.0 Å². The summed E-state index contributed by atoms with van der Waals surface area (Å²) in [5, 5.41) is 2.88. The number of nitrogens with zero attached hydrogens (tertiary/aromatic N) is 1. The van der Waals surface area contributed by atoms with Crippen molar-refractivity contribution in [3.8, 4) is 11.5 Å². The highest BCUT2D eigenvalue weighted by atomic mass is 16.6. The maximum Gasteiger partial charge on any atom is 0.220 e. The van der Waals surface area contributed by atoms with Crippen LogP contribution < -0.4 is 19.7 Å². The van der Waals surface area contributed by atoms with Gasteiger partial charge in [0.1, 0.15) is 13.2 Å². The van der Waals surface area contributed by atoms with E-state index < -0.39 is 0 Å². The van der Waals surface area contributed by atoms with Crippen molar-refractivity contribution < 1.29 is 19.1 Å². The van der Waals surface area contributed by atoms with Gasteiger partial charge in [-0.3, -0.25) is 9.59 Å². The molecule has 0 radical (unpaired) electrons. The smallest absolute Gasteiger partial charge is 0.220 e. The predicted octanol–water partition coefficient (Wildman–Crippen LogP) is 3.06. The molecule has 0 spiro atoms. The third-order valence-electron chi connectivity index (χ3n) is 4.63. The van der Waals surface area contributed by atoms with Crippen LogP contribution in [0.3, 0.4) is 0 Å². The molecule has 0 fully saturated rings. The second-order valence-corrected chi connectivity index (χ2v) is 6.74. The average molecular weight is 382 g/mol. The first kappa shape index (κ1) is 19.7. The summed E-state index contributed by atoms with van der Waals surface area (Å²) in [6.07, 6.45) is 1.20. The molecule has 3 rings (SSSR count). The number of benzene rings is 2. The first-order valence-electron chi connectivity index (χ1n) is 9.59. The zero-order chi connectivity index (χ0) is 19.8. The predicted molar refractivity (Wildman–Crippen MR) is 108 cm³/mol. The van der Waals surface area contributed by atoms with Gasteiger partial charge in [-0.2, -0.15) is 0 Å². The van der Waals surface area contributed by atoms with Gasteiger partial charge in [0.25, 0.3) is 0 Å². The Morgan fingerprint density at radius 2 is 1.75 bits per heavy atom. The normalized spacial score (nSPS) is 12.3. The highest BCUT2D eigenvalue weighted by Crippen LogP contribution is 2.31. The number of para-hydroxylation sites is 1. The summed E-state index contributed by atoms with van der Waals surface area (Å²) in [4.78, 5) is 26.5. The molecule has 0 aromatic heterocycles. The number of nitrogens with one attached hydrogen (secondary N) is 1. The molecule has 0 aliphatic carbocycles. The van der Waals surface area contributed by atoms with Crippen LogP contribution in [0.25, 0.3) is 0 Å². The summed E-state index contributed by atoms with van der Waals surface area (Å²) in [5.41, 5.74) is 1.69. The van der Waals surface area contributed by atoms with E-state index in [1.54, 1.807) is 18.2 Å². The lowest BCUT2D eigenvalue weighted by Crippen LogP contribution is -2.28. The summed E-state index contributed by atoms with van der Waals surface area (Å²) in [6.45, 7) is 2.43. The number of Topliss-reactive ketones (excluding diaryl/α,β-unsaturated/α-hetero) is 1. The topological polar surface area (TPSA) is 67.9 Å². The number of ether oxygens (including phenoxy) is 2. The number of carbonyl (C=O) groups excluding carboxylic acids is 2. The summed E-state index contributed by atoms with van der Waals surface area (Å²) in [6, 6.07) is 15.3. The Morgan fingerprint density at radius 3 is 2.54 bits per heavy atom. The van der Waals surface area contributed by atoms with E-state index in [4.69, 9.17) is 9.47 Å². The van der Waals surface area contributed by atoms with Gasteiger partial charge in [-0.1, -0.05) is 18.2 Å². The molecule has 0 unspecified atom stereocenters. The molecule has 1 N–H and O–H groups in total. The van der Waals surface area contributed by atoms with Crippen molar-refractivity contribution in [2.75, 3.05) is 38.3 Å². The standard InChI is InChI=1S/C22H26N2O4/c1-24(18-6-3-2-4-7-18)13-5-12-23-22(26)11-9-19(25)17-8-10-20-21(16-17)28-15-14-27-20/h2-4,6-8,10,16H,5,9,11-15H2,1H3,(H,23,26). The molecule has 1 amide bonds. The largest absolute Gasteiger partial charge is 0.486 e. The van der Waals surface area contributed by atoms with E-state index in [1.165, 1.54) is 0 Å². The van der Waals surface area contributed by atoms with Gasteiger partial charge in [0.05, 0.1) is 0 Å². The van der Waals surface area contributed by atoms with Gasteiger partial charge in [0.2, 0.25) is 5.91 Å². The molecule has 1 aliphatic heterocycles. The molecule has 28 heavy (non-hydrogen) atoms. The Hall–Kier alpha value is -3.02. The Labute approximate surface area is 165 Å². The quantitative estimate of drug-likeness (QED) is 0.533. The van der Waals surface area contributed by atoms with Crippen LogP contribution in [0.15, 0.2) is 48.5 Å². The number of fused-ring (bicyclic) bond motifs is 1. The van der Waals surface area contributed by atoms with Gasteiger partial charge >= 0.3 is 0 Å². The van der Waals surface area contributed by atoms with E-state index in [9.17, 15) is 9.59 Å². The van der Waals surface area contributed by atoms with Crippen molar-refractivity contribution in [1.82, 2.24) is 5.32 Å². The van der Waals surface area contributed by atoms with Gasteiger partial charge in [-0.15, -0.1) is 0 Å². The number of hydrogen-bond donors (Lipinski definition) is 1. The van der Waals surface area contributed by atoms with E-state index in [0.717, 1.165) is 18.7 Å². The van der Waals surface area contributed by atoms with Crippen LogP contribution in [0, 0.1) is 0 Å². The zero-order valence-electron chi connectivity index (χ0n) is 16.1. The maximum absolute atomic E-state index is 12.3. The van der Waals surface area contributed by atoms with Crippen molar-refractivity contribution >= 4 is 17.4 Å². The second-order valence-electron chi connectivity index (χ2n) is 6.74. The number of rotatable bonds is 9. The fourth-order valence-corrected chi connectivity index (χ4v) is 3.03. The fraction of sp³-hybridized carbons (Fsp3) is 0.364.